The van der Waals surface area contributed by atoms with E-state index in [1.54, 1.807) is 10.9 Å². The molecule has 1 saturated carbocycles. The van der Waals surface area contributed by atoms with Crippen LogP contribution in [-0.2, 0) is 4.79 Å². The Kier molecular flexibility index (Phi) is 4.23. The fraction of sp³-hybridized carbons (Fsp3) is 0.150. The number of nitrogens with one attached hydrogen (secondary N) is 2. The minimum Gasteiger partial charge on any atom is -0.273 e. The van der Waals surface area contributed by atoms with E-state index in [0.717, 1.165) is 24.1 Å². The van der Waals surface area contributed by atoms with Gasteiger partial charge in [-0.15, -0.1) is 0 Å². The normalized spacial score (nSPS) is 13.2. The number of amides is 2. The molecule has 0 aliphatic heterocycles. The smallest absolute Gasteiger partial charge is 0.273 e. The third-order valence-corrected chi connectivity index (χ3v) is 4.27. The van der Waals surface area contributed by atoms with Crippen molar-refractivity contribution in [1.29, 1.82) is 0 Å². The van der Waals surface area contributed by atoms with Gasteiger partial charge in [-0.05, 0) is 25.0 Å². The molecule has 6 heteroatoms. The van der Waals surface area contributed by atoms with E-state index >= 15 is 0 Å². The summed E-state index contributed by atoms with van der Waals surface area (Å²) in [5.41, 5.74) is 7.65. The third-order valence-electron chi connectivity index (χ3n) is 4.27. The maximum atomic E-state index is 12.7. The van der Waals surface area contributed by atoms with Crippen LogP contribution in [0.2, 0.25) is 0 Å². The summed E-state index contributed by atoms with van der Waals surface area (Å²) in [7, 11) is 0. The topological polar surface area (TPSA) is 76.0 Å². The molecule has 1 aliphatic rings. The second-order valence-electron chi connectivity index (χ2n) is 6.26. The SMILES string of the molecule is O=C(NNC(=O)C1CC1)c1cn(-c2ccccc2)nc1-c1ccccc1. The highest BCUT2D eigenvalue weighted by atomic mass is 16.2. The number of hydrogen-bond donors (Lipinski definition) is 2. The molecular formula is C20H18N4O2. The highest BCUT2D eigenvalue weighted by Crippen LogP contribution is 2.28. The number of carbonyl (C=O) groups excluding carboxylic acids is 2. The summed E-state index contributed by atoms with van der Waals surface area (Å²) in [5, 5.41) is 4.59. The summed E-state index contributed by atoms with van der Waals surface area (Å²) in [5.74, 6) is -0.508. The zero-order chi connectivity index (χ0) is 17.9. The first-order valence-corrected chi connectivity index (χ1v) is 8.53. The molecule has 1 fully saturated rings. The van der Waals surface area contributed by atoms with Gasteiger partial charge in [-0.1, -0.05) is 48.5 Å². The molecule has 130 valence electrons. The lowest BCUT2D eigenvalue weighted by molar-refractivity contribution is -0.123. The van der Waals surface area contributed by atoms with E-state index in [1.807, 2.05) is 60.7 Å². The summed E-state index contributed by atoms with van der Waals surface area (Å²) in [4.78, 5) is 24.4. The Morgan fingerprint density at radius 1 is 0.923 bits per heavy atom. The second kappa shape index (κ2) is 6.84. The maximum absolute atomic E-state index is 12.7. The first-order chi connectivity index (χ1) is 12.7. The van der Waals surface area contributed by atoms with Gasteiger partial charge in [0.15, 0.2) is 0 Å². The molecule has 1 aromatic heterocycles. The van der Waals surface area contributed by atoms with E-state index < -0.39 is 0 Å². The molecule has 1 aliphatic carbocycles. The van der Waals surface area contributed by atoms with Gasteiger partial charge in [0.05, 0.1) is 11.3 Å². The summed E-state index contributed by atoms with van der Waals surface area (Å²) in [6.45, 7) is 0. The van der Waals surface area contributed by atoms with Gasteiger partial charge >= 0.3 is 0 Å². The van der Waals surface area contributed by atoms with Gasteiger partial charge in [-0.2, -0.15) is 5.10 Å². The Balaban J connectivity index is 1.66. The molecule has 1 heterocycles. The van der Waals surface area contributed by atoms with Crippen LogP contribution in [0.25, 0.3) is 16.9 Å². The zero-order valence-corrected chi connectivity index (χ0v) is 14.1. The van der Waals surface area contributed by atoms with E-state index in [9.17, 15) is 9.59 Å². The number of benzene rings is 2. The zero-order valence-electron chi connectivity index (χ0n) is 14.1. The molecule has 0 unspecified atom stereocenters. The van der Waals surface area contributed by atoms with Crippen molar-refractivity contribution in [2.75, 3.05) is 0 Å². The molecule has 0 spiro atoms. The van der Waals surface area contributed by atoms with Gasteiger partial charge in [-0.3, -0.25) is 20.4 Å². The molecule has 2 amide bonds. The lowest BCUT2D eigenvalue weighted by atomic mass is 10.1. The van der Waals surface area contributed by atoms with Crippen LogP contribution in [0.1, 0.15) is 23.2 Å². The molecule has 3 aromatic rings. The molecule has 4 rings (SSSR count). The van der Waals surface area contributed by atoms with Crippen LogP contribution in [0.5, 0.6) is 0 Å². The molecule has 6 nitrogen and oxygen atoms in total. The van der Waals surface area contributed by atoms with Crippen molar-refractivity contribution in [2.24, 2.45) is 5.92 Å². The Morgan fingerprint density at radius 2 is 1.58 bits per heavy atom. The molecule has 2 N–H and O–H groups in total. The highest BCUT2D eigenvalue weighted by molar-refractivity contribution is 6.00. The first-order valence-electron chi connectivity index (χ1n) is 8.53. The molecular weight excluding hydrogens is 328 g/mol. The average Bonchev–Trinajstić information content (AvgIpc) is 3.45. The van der Waals surface area contributed by atoms with E-state index in [0.29, 0.717) is 11.3 Å². The van der Waals surface area contributed by atoms with E-state index in [4.69, 9.17) is 0 Å². The van der Waals surface area contributed by atoms with Crippen LogP contribution >= 0.6 is 0 Å². The van der Waals surface area contributed by atoms with E-state index in [1.165, 1.54) is 0 Å². The number of rotatable bonds is 4. The number of para-hydroxylation sites is 1. The minimum absolute atomic E-state index is 0.0240. The molecule has 0 radical (unpaired) electrons. The fourth-order valence-electron chi connectivity index (χ4n) is 2.70. The number of hydrogen-bond acceptors (Lipinski definition) is 3. The highest BCUT2D eigenvalue weighted by Gasteiger charge is 2.30. The predicted molar refractivity (Wildman–Crippen MR) is 97.3 cm³/mol. The minimum atomic E-state index is -0.389. The summed E-state index contributed by atoms with van der Waals surface area (Å²) in [6, 6.07) is 19.1. The fourth-order valence-corrected chi connectivity index (χ4v) is 2.70. The van der Waals surface area contributed by atoms with Crippen LogP contribution in [0.4, 0.5) is 0 Å². The van der Waals surface area contributed by atoms with Crippen LogP contribution in [0.3, 0.4) is 0 Å². The van der Waals surface area contributed by atoms with Crippen molar-refractivity contribution in [3.63, 3.8) is 0 Å². The van der Waals surface area contributed by atoms with Crippen molar-refractivity contribution in [3.05, 3.63) is 72.4 Å². The lowest BCUT2D eigenvalue weighted by Gasteiger charge is -2.06. The number of nitrogens with zero attached hydrogens (tertiary/aromatic N) is 2. The van der Waals surface area contributed by atoms with Crippen molar-refractivity contribution >= 4 is 11.8 Å². The maximum Gasteiger partial charge on any atom is 0.273 e. The van der Waals surface area contributed by atoms with E-state index in [2.05, 4.69) is 16.0 Å². The van der Waals surface area contributed by atoms with Gasteiger partial charge < -0.3 is 0 Å². The van der Waals surface area contributed by atoms with Crippen LogP contribution < -0.4 is 10.9 Å². The molecule has 2 aromatic carbocycles. The van der Waals surface area contributed by atoms with Gasteiger partial charge in [-0.25, -0.2) is 4.68 Å². The molecule has 0 saturated heterocycles. The van der Waals surface area contributed by atoms with Crippen molar-refractivity contribution in [2.45, 2.75) is 12.8 Å². The summed E-state index contributed by atoms with van der Waals surface area (Å²) in [6.07, 6.45) is 3.43. The van der Waals surface area contributed by atoms with Crippen molar-refractivity contribution < 1.29 is 9.59 Å². The monoisotopic (exact) mass is 346 g/mol. The van der Waals surface area contributed by atoms with Crippen LogP contribution in [0, 0.1) is 5.92 Å². The molecule has 0 atom stereocenters. The van der Waals surface area contributed by atoms with Gasteiger partial charge in [0.1, 0.15) is 5.69 Å². The predicted octanol–water partition coefficient (Wildman–Crippen LogP) is 2.71. The third kappa shape index (κ3) is 3.35. The number of hydrazine groups is 1. The lowest BCUT2D eigenvalue weighted by Crippen LogP contribution is -2.42. The Morgan fingerprint density at radius 3 is 2.23 bits per heavy atom. The quantitative estimate of drug-likeness (QED) is 0.713. The number of carbonyl (C=O) groups is 2. The first kappa shape index (κ1) is 16.1. The van der Waals surface area contributed by atoms with Crippen molar-refractivity contribution in [3.8, 4) is 16.9 Å². The van der Waals surface area contributed by atoms with Gasteiger partial charge in [0, 0.05) is 17.7 Å². The standard InChI is InChI=1S/C20H18N4O2/c25-19(15-11-12-15)21-22-20(26)17-13-24(16-9-5-2-6-10-16)23-18(17)14-7-3-1-4-8-14/h1-10,13,15H,11-12H2,(H,21,25)(H,22,26). The molecule has 0 bridgehead atoms. The average molecular weight is 346 g/mol. The van der Waals surface area contributed by atoms with E-state index in [-0.39, 0.29) is 17.7 Å². The number of aromatic nitrogens is 2. The Labute approximate surface area is 150 Å². The van der Waals surface area contributed by atoms with Crippen LogP contribution in [0.15, 0.2) is 66.9 Å². The van der Waals surface area contributed by atoms with Gasteiger partial charge in [0.25, 0.3) is 5.91 Å². The van der Waals surface area contributed by atoms with Crippen molar-refractivity contribution in [1.82, 2.24) is 20.6 Å². The van der Waals surface area contributed by atoms with Gasteiger partial charge in [0.2, 0.25) is 5.91 Å². The van der Waals surface area contributed by atoms with Crippen LogP contribution in [-0.4, -0.2) is 21.6 Å². The summed E-state index contributed by atoms with van der Waals surface area (Å²) < 4.78 is 1.67. The summed E-state index contributed by atoms with van der Waals surface area (Å²) >= 11 is 0. The molecule has 26 heavy (non-hydrogen) atoms. The Bertz CT molecular complexity index is 931. The largest absolute Gasteiger partial charge is 0.273 e. The second-order valence-corrected chi connectivity index (χ2v) is 6.26. The Hall–Kier alpha value is -3.41.